The Balaban J connectivity index is 2.04. The van der Waals surface area contributed by atoms with Crippen LogP contribution in [0.5, 0.6) is 0 Å². The van der Waals surface area contributed by atoms with Crippen molar-refractivity contribution >= 4 is 15.9 Å². The number of halogens is 1. The molecule has 2 atom stereocenters. The largest absolute Gasteiger partial charge is 0.376 e. The molecule has 1 fully saturated rings. The first-order valence-corrected chi connectivity index (χ1v) is 5.83. The Morgan fingerprint density at radius 2 is 2.64 bits per heavy atom. The van der Waals surface area contributed by atoms with Crippen molar-refractivity contribution in [2.75, 3.05) is 6.61 Å². The summed E-state index contributed by atoms with van der Waals surface area (Å²) in [6, 6.07) is 0. The third-order valence-corrected chi connectivity index (χ3v) is 2.92. The summed E-state index contributed by atoms with van der Waals surface area (Å²) < 4.78 is 7.48. The van der Waals surface area contributed by atoms with E-state index in [0.29, 0.717) is 10.9 Å². The molecular formula is C9H14BrN3O. The summed E-state index contributed by atoms with van der Waals surface area (Å²) in [6.45, 7) is 3.79. The number of ether oxygens (including phenoxy) is 1. The minimum absolute atomic E-state index is 0.291. The highest BCUT2D eigenvalue weighted by atomic mass is 79.9. The fraction of sp³-hybridized carbons (Fsp3) is 0.778. The third kappa shape index (κ3) is 2.15. The molecule has 0 saturated carbocycles. The van der Waals surface area contributed by atoms with Crippen LogP contribution in [0.15, 0.2) is 6.20 Å². The molecule has 2 rings (SSSR count). The summed E-state index contributed by atoms with van der Waals surface area (Å²) >= 11 is 3.52. The monoisotopic (exact) mass is 259 g/mol. The number of hydrogen-bond donors (Lipinski definition) is 0. The first kappa shape index (κ1) is 10.1. The lowest BCUT2D eigenvalue weighted by Gasteiger charge is -2.12. The van der Waals surface area contributed by atoms with Crippen LogP contribution < -0.4 is 0 Å². The highest BCUT2D eigenvalue weighted by Crippen LogP contribution is 2.21. The molecule has 0 bridgehead atoms. The third-order valence-electron chi connectivity index (χ3n) is 2.46. The Morgan fingerprint density at radius 3 is 3.29 bits per heavy atom. The van der Waals surface area contributed by atoms with E-state index in [4.69, 9.17) is 4.74 Å². The Hall–Kier alpha value is -0.420. The molecule has 4 nitrogen and oxygen atoms in total. The molecule has 0 spiro atoms. The molecule has 2 unspecified atom stereocenters. The van der Waals surface area contributed by atoms with E-state index in [1.54, 1.807) is 6.20 Å². The maximum Gasteiger partial charge on any atom is 0.0772 e. The lowest BCUT2D eigenvalue weighted by Crippen LogP contribution is -2.18. The topological polar surface area (TPSA) is 39.9 Å². The van der Waals surface area contributed by atoms with E-state index in [-0.39, 0.29) is 0 Å². The predicted octanol–water partition coefficient (Wildman–Crippen LogP) is 1.91. The van der Waals surface area contributed by atoms with Crippen LogP contribution in [-0.2, 0) is 11.3 Å². The average molecular weight is 260 g/mol. The van der Waals surface area contributed by atoms with Crippen molar-refractivity contribution in [2.24, 2.45) is 0 Å². The second-order valence-corrected chi connectivity index (χ2v) is 4.97. The molecule has 1 aliphatic rings. The predicted molar refractivity (Wildman–Crippen MR) is 56.3 cm³/mol. The Morgan fingerprint density at radius 1 is 1.79 bits per heavy atom. The Kier molecular flexibility index (Phi) is 3.18. The maximum absolute atomic E-state index is 5.56. The number of aromatic nitrogens is 3. The molecule has 1 aromatic rings. The van der Waals surface area contributed by atoms with Crippen molar-refractivity contribution in [1.29, 1.82) is 0 Å². The van der Waals surface area contributed by atoms with Gasteiger partial charge in [0.05, 0.1) is 29.4 Å². The fourth-order valence-corrected chi connectivity index (χ4v) is 2.05. The average Bonchev–Trinajstić information content (AvgIpc) is 2.75. The van der Waals surface area contributed by atoms with Crippen LogP contribution in [0.2, 0.25) is 0 Å². The summed E-state index contributed by atoms with van der Waals surface area (Å²) in [7, 11) is 0. The SMILES string of the molecule is CC(Br)c1cnnn1CC1CCCO1. The number of alkyl halides is 1. The van der Waals surface area contributed by atoms with Gasteiger partial charge in [0.2, 0.25) is 0 Å². The quantitative estimate of drug-likeness (QED) is 0.779. The second kappa shape index (κ2) is 4.40. The molecular weight excluding hydrogens is 246 g/mol. The number of nitrogens with zero attached hydrogens (tertiary/aromatic N) is 3. The van der Waals surface area contributed by atoms with Gasteiger partial charge in [0.15, 0.2) is 0 Å². The van der Waals surface area contributed by atoms with Gasteiger partial charge in [0, 0.05) is 6.61 Å². The van der Waals surface area contributed by atoms with Gasteiger partial charge in [-0.3, -0.25) is 0 Å². The van der Waals surface area contributed by atoms with Crippen molar-refractivity contribution in [3.63, 3.8) is 0 Å². The van der Waals surface area contributed by atoms with E-state index in [1.165, 1.54) is 6.42 Å². The molecule has 0 N–H and O–H groups in total. The van der Waals surface area contributed by atoms with Crippen LogP contribution >= 0.6 is 15.9 Å². The normalized spacial score (nSPS) is 24.0. The first-order chi connectivity index (χ1) is 6.77. The van der Waals surface area contributed by atoms with E-state index < -0.39 is 0 Å². The van der Waals surface area contributed by atoms with Crippen molar-refractivity contribution in [3.8, 4) is 0 Å². The summed E-state index contributed by atoms with van der Waals surface area (Å²) in [5.74, 6) is 0. The fourth-order valence-electron chi connectivity index (χ4n) is 1.70. The van der Waals surface area contributed by atoms with Crippen LogP contribution in [0.25, 0.3) is 0 Å². The van der Waals surface area contributed by atoms with Crippen LogP contribution in [-0.4, -0.2) is 27.7 Å². The van der Waals surface area contributed by atoms with E-state index in [2.05, 4.69) is 33.2 Å². The molecule has 0 radical (unpaired) electrons. The molecule has 1 saturated heterocycles. The van der Waals surface area contributed by atoms with E-state index in [9.17, 15) is 0 Å². The van der Waals surface area contributed by atoms with E-state index in [0.717, 1.165) is 25.3 Å². The van der Waals surface area contributed by atoms with Crippen LogP contribution in [0.3, 0.4) is 0 Å². The van der Waals surface area contributed by atoms with Crippen LogP contribution in [0.1, 0.15) is 30.3 Å². The zero-order chi connectivity index (χ0) is 9.97. The molecule has 0 aliphatic carbocycles. The second-order valence-electron chi connectivity index (χ2n) is 3.59. The van der Waals surface area contributed by atoms with Gasteiger partial charge in [-0.2, -0.15) is 0 Å². The smallest absolute Gasteiger partial charge is 0.0772 e. The minimum atomic E-state index is 0.291. The molecule has 1 aromatic heterocycles. The van der Waals surface area contributed by atoms with Crippen molar-refractivity contribution in [1.82, 2.24) is 15.0 Å². The molecule has 14 heavy (non-hydrogen) atoms. The standard InChI is InChI=1S/C9H14BrN3O/c1-7(10)9-5-11-12-13(9)6-8-3-2-4-14-8/h5,7-8H,2-4,6H2,1H3. The highest BCUT2D eigenvalue weighted by Gasteiger charge is 2.18. The highest BCUT2D eigenvalue weighted by molar-refractivity contribution is 9.09. The summed E-state index contributed by atoms with van der Waals surface area (Å²) in [5, 5.41) is 7.97. The number of hydrogen-bond acceptors (Lipinski definition) is 3. The Labute approximate surface area is 91.8 Å². The van der Waals surface area contributed by atoms with Gasteiger partial charge in [0.25, 0.3) is 0 Å². The van der Waals surface area contributed by atoms with Crippen molar-refractivity contribution < 1.29 is 4.74 Å². The minimum Gasteiger partial charge on any atom is -0.376 e. The molecule has 1 aliphatic heterocycles. The first-order valence-electron chi connectivity index (χ1n) is 4.91. The summed E-state index contributed by atoms with van der Waals surface area (Å²) in [4.78, 5) is 0.291. The van der Waals surface area contributed by atoms with Gasteiger partial charge in [-0.05, 0) is 19.8 Å². The molecule has 0 amide bonds. The van der Waals surface area contributed by atoms with Gasteiger partial charge in [-0.15, -0.1) is 5.10 Å². The lowest BCUT2D eigenvalue weighted by atomic mass is 10.2. The zero-order valence-electron chi connectivity index (χ0n) is 8.19. The molecule has 78 valence electrons. The van der Waals surface area contributed by atoms with Gasteiger partial charge in [-0.25, -0.2) is 4.68 Å². The lowest BCUT2D eigenvalue weighted by molar-refractivity contribution is 0.0927. The maximum atomic E-state index is 5.56. The molecule has 2 heterocycles. The summed E-state index contributed by atoms with van der Waals surface area (Å²) in [6.07, 6.45) is 4.42. The zero-order valence-corrected chi connectivity index (χ0v) is 9.77. The van der Waals surface area contributed by atoms with Gasteiger partial charge < -0.3 is 4.74 Å². The molecule has 5 heteroatoms. The van der Waals surface area contributed by atoms with Gasteiger partial charge in [-0.1, -0.05) is 21.1 Å². The van der Waals surface area contributed by atoms with Gasteiger partial charge >= 0.3 is 0 Å². The molecule has 0 aromatic carbocycles. The Bertz CT molecular complexity index is 294. The van der Waals surface area contributed by atoms with Crippen molar-refractivity contribution in [3.05, 3.63) is 11.9 Å². The van der Waals surface area contributed by atoms with Crippen molar-refractivity contribution in [2.45, 2.75) is 37.2 Å². The van der Waals surface area contributed by atoms with E-state index >= 15 is 0 Å². The van der Waals surface area contributed by atoms with Gasteiger partial charge in [0.1, 0.15) is 0 Å². The van der Waals surface area contributed by atoms with E-state index in [1.807, 2.05) is 4.68 Å². The summed E-state index contributed by atoms with van der Waals surface area (Å²) in [5.41, 5.74) is 1.11. The number of rotatable bonds is 3. The van der Waals surface area contributed by atoms with Crippen LogP contribution in [0, 0.1) is 0 Å². The van der Waals surface area contributed by atoms with Crippen LogP contribution in [0.4, 0.5) is 0 Å².